The molecule has 1 atom stereocenters. The van der Waals surface area contributed by atoms with Gasteiger partial charge in [-0.2, -0.15) is 0 Å². The van der Waals surface area contributed by atoms with Crippen LogP contribution >= 0.6 is 15.9 Å². The molecule has 1 aromatic carbocycles. The predicted octanol–water partition coefficient (Wildman–Crippen LogP) is 3.76. The third-order valence-electron chi connectivity index (χ3n) is 3.12. The molecular weight excluding hydrogens is 322 g/mol. The van der Waals surface area contributed by atoms with Crippen molar-refractivity contribution in [2.45, 2.75) is 13.0 Å². The summed E-state index contributed by atoms with van der Waals surface area (Å²) in [7, 11) is 3.32. The van der Waals surface area contributed by atoms with Gasteiger partial charge in [0.1, 0.15) is 11.5 Å². The molecule has 1 heterocycles. The molecule has 0 spiro atoms. The van der Waals surface area contributed by atoms with Gasteiger partial charge in [0.15, 0.2) is 4.67 Å². The highest BCUT2D eigenvalue weighted by Gasteiger charge is 2.24. The monoisotopic (exact) mass is 339 g/mol. The van der Waals surface area contributed by atoms with Crippen LogP contribution in [-0.4, -0.2) is 20.8 Å². The van der Waals surface area contributed by atoms with Crippen molar-refractivity contribution in [3.8, 4) is 11.5 Å². The minimum absolute atomic E-state index is 0.0702. The van der Waals surface area contributed by atoms with Gasteiger partial charge in [-0.05, 0) is 40.7 Å². The van der Waals surface area contributed by atoms with Gasteiger partial charge in [0.2, 0.25) is 0 Å². The smallest absolute Gasteiger partial charge is 0.174 e. The van der Waals surface area contributed by atoms with Crippen molar-refractivity contribution >= 4 is 15.9 Å². The van der Waals surface area contributed by atoms with Crippen LogP contribution in [0.1, 0.15) is 24.1 Å². The molecule has 1 unspecified atom stereocenters. The Morgan fingerprint density at radius 2 is 1.85 bits per heavy atom. The second kappa shape index (κ2) is 6.81. The van der Waals surface area contributed by atoms with Crippen molar-refractivity contribution < 1.29 is 13.9 Å². The molecule has 0 saturated heterocycles. The van der Waals surface area contributed by atoms with Crippen LogP contribution in [0.25, 0.3) is 0 Å². The van der Waals surface area contributed by atoms with E-state index in [-0.39, 0.29) is 6.04 Å². The zero-order valence-corrected chi connectivity index (χ0v) is 13.4. The Morgan fingerprint density at radius 1 is 1.20 bits per heavy atom. The molecule has 0 fully saturated rings. The molecule has 0 aliphatic heterocycles. The second-order valence-corrected chi connectivity index (χ2v) is 4.94. The van der Waals surface area contributed by atoms with Crippen LogP contribution in [0.15, 0.2) is 39.6 Å². The highest BCUT2D eigenvalue weighted by molar-refractivity contribution is 9.10. The first-order chi connectivity index (χ1) is 9.72. The van der Waals surface area contributed by atoms with E-state index in [1.807, 2.05) is 24.3 Å². The summed E-state index contributed by atoms with van der Waals surface area (Å²) in [5, 5.41) is 3.44. The van der Waals surface area contributed by atoms with Gasteiger partial charge >= 0.3 is 0 Å². The van der Waals surface area contributed by atoms with Crippen molar-refractivity contribution in [2.24, 2.45) is 0 Å². The average Bonchev–Trinajstić information content (AvgIpc) is 2.90. The van der Waals surface area contributed by atoms with Crippen LogP contribution in [0.4, 0.5) is 0 Å². The van der Waals surface area contributed by atoms with Gasteiger partial charge in [0.25, 0.3) is 0 Å². The Labute approximate surface area is 127 Å². The number of furan rings is 1. The molecule has 1 N–H and O–H groups in total. The zero-order chi connectivity index (χ0) is 14.5. The minimum Gasteiger partial charge on any atom is -0.496 e. The molecule has 1 aromatic heterocycles. The maximum atomic E-state index is 5.49. The molecule has 2 rings (SSSR count). The summed E-state index contributed by atoms with van der Waals surface area (Å²) in [5.74, 6) is 1.56. The van der Waals surface area contributed by atoms with Crippen LogP contribution in [0.3, 0.4) is 0 Å². The summed E-state index contributed by atoms with van der Waals surface area (Å²) in [5.41, 5.74) is 1.97. The Bertz CT molecular complexity index is 546. The first-order valence-corrected chi connectivity index (χ1v) is 7.19. The first-order valence-electron chi connectivity index (χ1n) is 6.40. The molecular formula is C15H18BrNO3. The molecule has 0 radical (unpaired) electrons. The largest absolute Gasteiger partial charge is 0.496 e. The van der Waals surface area contributed by atoms with E-state index in [9.17, 15) is 0 Å². The van der Waals surface area contributed by atoms with Crippen molar-refractivity contribution in [3.63, 3.8) is 0 Å². The van der Waals surface area contributed by atoms with Gasteiger partial charge in [0, 0.05) is 5.56 Å². The van der Waals surface area contributed by atoms with E-state index in [0.717, 1.165) is 29.2 Å². The molecule has 0 saturated carbocycles. The Hall–Kier alpha value is -1.46. The highest BCUT2D eigenvalue weighted by Crippen LogP contribution is 2.39. The standard InChI is InChI=1S/C15H18BrNO3/c1-4-17-14(10-8-9-20-15(10)16)13-11(18-2)6-5-7-12(13)19-3/h5-9,14,17H,4H2,1-3H3. The van der Waals surface area contributed by atoms with Crippen LogP contribution in [-0.2, 0) is 0 Å². The van der Waals surface area contributed by atoms with Gasteiger partial charge in [0.05, 0.1) is 32.1 Å². The number of nitrogens with one attached hydrogen (secondary N) is 1. The lowest BCUT2D eigenvalue weighted by molar-refractivity contribution is 0.376. The lowest BCUT2D eigenvalue weighted by Crippen LogP contribution is -2.23. The maximum Gasteiger partial charge on any atom is 0.174 e. The zero-order valence-electron chi connectivity index (χ0n) is 11.8. The average molecular weight is 340 g/mol. The normalized spacial score (nSPS) is 12.2. The maximum absolute atomic E-state index is 5.49. The molecule has 5 heteroatoms. The number of ether oxygens (including phenoxy) is 2. The molecule has 0 amide bonds. The molecule has 20 heavy (non-hydrogen) atoms. The molecule has 0 aliphatic rings. The van der Waals surface area contributed by atoms with E-state index in [1.165, 1.54) is 0 Å². The molecule has 108 valence electrons. The summed E-state index contributed by atoms with van der Waals surface area (Å²) < 4.78 is 17.0. The lowest BCUT2D eigenvalue weighted by atomic mass is 9.99. The summed E-state index contributed by atoms with van der Waals surface area (Å²) >= 11 is 3.44. The fraction of sp³-hybridized carbons (Fsp3) is 0.333. The highest BCUT2D eigenvalue weighted by atomic mass is 79.9. The Morgan fingerprint density at radius 3 is 2.30 bits per heavy atom. The third kappa shape index (κ3) is 2.83. The molecule has 2 aromatic rings. The minimum atomic E-state index is -0.0702. The second-order valence-electron chi connectivity index (χ2n) is 4.22. The topological polar surface area (TPSA) is 43.6 Å². The van der Waals surface area contributed by atoms with Gasteiger partial charge in [-0.25, -0.2) is 0 Å². The Kier molecular flexibility index (Phi) is 5.09. The van der Waals surface area contributed by atoms with Gasteiger partial charge in [-0.3, -0.25) is 0 Å². The van der Waals surface area contributed by atoms with Crippen LogP contribution < -0.4 is 14.8 Å². The summed E-state index contributed by atoms with van der Waals surface area (Å²) in [6, 6.07) is 7.63. The summed E-state index contributed by atoms with van der Waals surface area (Å²) in [6.07, 6.45) is 1.66. The van der Waals surface area contributed by atoms with E-state index in [2.05, 4.69) is 28.2 Å². The lowest BCUT2D eigenvalue weighted by Gasteiger charge is -2.22. The number of benzene rings is 1. The number of hydrogen-bond acceptors (Lipinski definition) is 4. The summed E-state index contributed by atoms with van der Waals surface area (Å²) in [6.45, 7) is 2.87. The van der Waals surface area contributed by atoms with Crippen molar-refractivity contribution in [1.82, 2.24) is 5.32 Å². The number of hydrogen-bond donors (Lipinski definition) is 1. The van der Waals surface area contributed by atoms with Crippen LogP contribution in [0.2, 0.25) is 0 Å². The Balaban J connectivity index is 2.57. The third-order valence-corrected chi connectivity index (χ3v) is 3.76. The van der Waals surface area contributed by atoms with E-state index in [0.29, 0.717) is 4.67 Å². The predicted molar refractivity (Wildman–Crippen MR) is 81.5 cm³/mol. The van der Waals surface area contributed by atoms with Crippen molar-refractivity contribution in [3.05, 3.63) is 46.3 Å². The molecule has 0 bridgehead atoms. The van der Waals surface area contributed by atoms with Crippen molar-refractivity contribution in [1.29, 1.82) is 0 Å². The van der Waals surface area contributed by atoms with E-state index < -0.39 is 0 Å². The quantitative estimate of drug-likeness (QED) is 0.870. The fourth-order valence-electron chi connectivity index (χ4n) is 2.25. The molecule has 4 nitrogen and oxygen atoms in total. The van der Waals surface area contributed by atoms with Gasteiger partial charge in [-0.15, -0.1) is 0 Å². The number of methoxy groups -OCH3 is 2. The number of rotatable bonds is 6. The van der Waals surface area contributed by atoms with Crippen LogP contribution in [0, 0.1) is 0 Å². The first kappa shape index (κ1) is 14.9. The van der Waals surface area contributed by atoms with Gasteiger partial charge < -0.3 is 19.2 Å². The SMILES string of the molecule is CCNC(c1ccoc1Br)c1c(OC)cccc1OC. The van der Waals surface area contributed by atoms with Gasteiger partial charge in [-0.1, -0.05) is 13.0 Å². The summed E-state index contributed by atoms with van der Waals surface area (Å²) in [4.78, 5) is 0. The van der Waals surface area contributed by atoms with E-state index in [4.69, 9.17) is 13.9 Å². The van der Waals surface area contributed by atoms with E-state index in [1.54, 1.807) is 20.5 Å². The van der Waals surface area contributed by atoms with Crippen molar-refractivity contribution in [2.75, 3.05) is 20.8 Å². The van der Waals surface area contributed by atoms with E-state index >= 15 is 0 Å². The number of halogens is 1. The molecule has 0 aliphatic carbocycles. The van der Waals surface area contributed by atoms with Crippen LogP contribution in [0.5, 0.6) is 11.5 Å². The fourth-order valence-corrected chi connectivity index (χ4v) is 2.72.